The van der Waals surface area contributed by atoms with Gasteiger partial charge in [0.1, 0.15) is 0 Å². The van der Waals surface area contributed by atoms with Crippen molar-refractivity contribution in [1.29, 1.82) is 0 Å². The molecule has 35 heavy (non-hydrogen) atoms. The second kappa shape index (κ2) is 10.6. The number of tetrazole rings is 1. The number of aromatic nitrogens is 5. The first-order chi connectivity index (χ1) is 16.7. The minimum Gasteiger partial charge on any atom is -0.377 e. The van der Waals surface area contributed by atoms with Gasteiger partial charge in [-0.1, -0.05) is 20.3 Å². The molecule has 0 amide bonds. The average molecular weight is 481 g/mol. The van der Waals surface area contributed by atoms with E-state index < -0.39 is 0 Å². The first-order valence-electron chi connectivity index (χ1n) is 13.0. The highest BCUT2D eigenvalue weighted by atomic mass is 16.5. The zero-order valence-corrected chi connectivity index (χ0v) is 22.1. The molecule has 4 rings (SSSR count). The van der Waals surface area contributed by atoms with Crippen LogP contribution in [-0.2, 0) is 16.8 Å². The van der Waals surface area contributed by atoms with Crippen LogP contribution in [0.4, 0.5) is 0 Å². The van der Waals surface area contributed by atoms with Crippen LogP contribution in [0.5, 0.6) is 0 Å². The monoisotopic (exact) mass is 480 g/mol. The SMILES string of the molecule is CCC[C@@H](c1nnnn1C(C)(C)CC)N(Cc1cc2cc(C)c(C)cc2[nH]c1=O)C[C@H]1CCCO1. The normalized spacial score (nSPS) is 17.5. The minimum atomic E-state index is -0.198. The van der Waals surface area contributed by atoms with Gasteiger partial charge in [-0.2, -0.15) is 0 Å². The van der Waals surface area contributed by atoms with Crippen LogP contribution < -0.4 is 5.56 Å². The molecule has 0 radical (unpaired) electrons. The van der Waals surface area contributed by atoms with E-state index in [1.54, 1.807) is 0 Å². The van der Waals surface area contributed by atoms with Crippen molar-refractivity contribution < 1.29 is 4.74 Å². The summed E-state index contributed by atoms with van der Waals surface area (Å²) in [6.45, 7) is 14.9. The maximum atomic E-state index is 13.2. The van der Waals surface area contributed by atoms with E-state index in [4.69, 9.17) is 4.74 Å². The van der Waals surface area contributed by atoms with E-state index in [0.29, 0.717) is 6.54 Å². The standard InChI is InChI=1S/C27H40N6O2/c1-7-10-24(25-29-30-31-33(25)27(5,6)8-2)32(17-22-11-9-12-35-22)16-21-15-20-13-18(3)19(4)14-23(20)28-26(21)34/h13-15,22,24H,7-12,16-17H2,1-6H3,(H,28,34)/t22-,24+/m1/s1. The first kappa shape index (κ1) is 25.5. The second-order valence-corrected chi connectivity index (χ2v) is 10.6. The summed E-state index contributed by atoms with van der Waals surface area (Å²) in [5, 5.41) is 14.0. The van der Waals surface area contributed by atoms with Crippen molar-refractivity contribution in [3.63, 3.8) is 0 Å². The van der Waals surface area contributed by atoms with Crippen molar-refractivity contribution in [1.82, 2.24) is 30.1 Å². The van der Waals surface area contributed by atoms with E-state index in [0.717, 1.165) is 67.5 Å². The number of ether oxygens (including phenoxy) is 1. The van der Waals surface area contributed by atoms with Gasteiger partial charge in [0.25, 0.3) is 5.56 Å². The maximum absolute atomic E-state index is 13.2. The van der Waals surface area contributed by atoms with Crippen LogP contribution in [0.15, 0.2) is 23.0 Å². The van der Waals surface area contributed by atoms with Gasteiger partial charge in [-0.25, -0.2) is 4.68 Å². The summed E-state index contributed by atoms with van der Waals surface area (Å²) in [6, 6.07) is 6.24. The van der Waals surface area contributed by atoms with Gasteiger partial charge in [-0.15, -0.1) is 5.10 Å². The van der Waals surface area contributed by atoms with Crippen LogP contribution in [0.2, 0.25) is 0 Å². The third kappa shape index (κ3) is 5.48. The molecule has 1 aromatic carbocycles. The molecule has 8 nitrogen and oxygen atoms in total. The third-order valence-corrected chi connectivity index (χ3v) is 7.60. The van der Waals surface area contributed by atoms with Crippen molar-refractivity contribution in [2.45, 2.75) is 97.9 Å². The number of hydrogen-bond acceptors (Lipinski definition) is 6. The Morgan fingerprint density at radius 1 is 1.23 bits per heavy atom. The summed E-state index contributed by atoms with van der Waals surface area (Å²) in [6.07, 6.45) is 5.07. The van der Waals surface area contributed by atoms with E-state index in [2.05, 4.69) is 79.1 Å². The number of aromatic amines is 1. The summed E-state index contributed by atoms with van der Waals surface area (Å²) in [7, 11) is 0. The molecule has 1 aliphatic rings. The van der Waals surface area contributed by atoms with Crippen LogP contribution in [-0.4, -0.2) is 49.3 Å². The summed E-state index contributed by atoms with van der Waals surface area (Å²) in [5.41, 5.74) is 3.79. The molecule has 1 saturated heterocycles. The van der Waals surface area contributed by atoms with Crippen LogP contribution in [0.3, 0.4) is 0 Å². The van der Waals surface area contributed by atoms with Crippen molar-refractivity contribution >= 4 is 10.9 Å². The second-order valence-electron chi connectivity index (χ2n) is 10.6. The van der Waals surface area contributed by atoms with Crippen LogP contribution in [0.25, 0.3) is 10.9 Å². The van der Waals surface area contributed by atoms with Crippen molar-refractivity contribution in [3.05, 3.63) is 51.1 Å². The molecule has 2 atom stereocenters. The highest BCUT2D eigenvalue weighted by Gasteiger charge is 2.33. The minimum absolute atomic E-state index is 0.0140. The van der Waals surface area contributed by atoms with Crippen molar-refractivity contribution in [2.24, 2.45) is 0 Å². The molecule has 0 bridgehead atoms. The molecule has 2 aromatic heterocycles. The summed E-state index contributed by atoms with van der Waals surface area (Å²) >= 11 is 0. The molecular formula is C27H40N6O2. The van der Waals surface area contributed by atoms with Gasteiger partial charge < -0.3 is 9.72 Å². The number of fused-ring (bicyclic) bond motifs is 1. The molecule has 0 aliphatic carbocycles. The van der Waals surface area contributed by atoms with Gasteiger partial charge in [-0.3, -0.25) is 9.69 Å². The van der Waals surface area contributed by atoms with Crippen LogP contribution in [0, 0.1) is 13.8 Å². The zero-order chi connectivity index (χ0) is 25.2. The predicted molar refractivity (Wildman–Crippen MR) is 139 cm³/mol. The lowest BCUT2D eigenvalue weighted by molar-refractivity contribution is 0.0462. The van der Waals surface area contributed by atoms with Gasteiger partial charge in [0.2, 0.25) is 0 Å². The van der Waals surface area contributed by atoms with E-state index in [1.807, 2.05) is 10.7 Å². The van der Waals surface area contributed by atoms with E-state index in [1.165, 1.54) is 11.1 Å². The number of benzene rings is 1. The highest BCUT2D eigenvalue weighted by Crippen LogP contribution is 2.31. The zero-order valence-electron chi connectivity index (χ0n) is 22.1. The number of rotatable bonds is 10. The van der Waals surface area contributed by atoms with Crippen molar-refractivity contribution in [2.75, 3.05) is 13.2 Å². The smallest absolute Gasteiger partial charge is 0.252 e. The number of pyridine rings is 1. The van der Waals surface area contributed by atoms with E-state index >= 15 is 0 Å². The number of H-pyrrole nitrogens is 1. The Morgan fingerprint density at radius 3 is 2.69 bits per heavy atom. The fraction of sp³-hybridized carbons (Fsp3) is 0.630. The fourth-order valence-corrected chi connectivity index (χ4v) is 4.94. The largest absolute Gasteiger partial charge is 0.377 e. The van der Waals surface area contributed by atoms with Gasteiger partial charge in [-0.05, 0) is 98.5 Å². The van der Waals surface area contributed by atoms with Crippen molar-refractivity contribution in [3.8, 4) is 0 Å². The Bertz CT molecular complexity index is 1210. The van der Waals surface area contributed by atoms with Gasteiger partial charge in [0.05, 0.1) is 17.7 Å². The topological polar surface area (TPSA) is 88.9 Å². The summed E-state index contributed by atoms with van der Waals surface area (Å²) in [5.74, 6) is 0.861. The molecule has 190 valence electrons. The Labute approximate surface area is 208 Å². The Morgan fingerprint density at radius 2 is 2.00 bits per heavy atom. The molecule has 1 aliphatic heterocycles. The summed E-state index contributed by atoms with van der Waals surface area (Å²) < 4.78 is 8.01. The molecule has 0 spiro atoms. The number of nitrogens with one attached hydrogen (secondary N) is 1. The lowest BCUT2D eigenvalue weighted by Crippen LogP contribution is -2.39. The number of hydrogen-bond donors (Lipinski definition) is 1. The van der Waals surface area contributed by atoms with Gasteiger partial charge in [0, 0.05) is 30.8 Å². The molecular weight excluding hydrogens is 440 g/mol. The fourth-order valence-electron chi connectivity index (χ4n) is 4.94. The first-order valence-corrected chi connectivity index (χ1v) is 13.0. The van der Waals surface area contributed by atoms with Crippen LogP contribution in [0.1, 0.15) is 88.4 Å². The Balaban J connectivity index is 1.75. The van der Waals surface area contributed by atoms with E-state index in [9.17, 15) is 4.79 Å². The molecule has 1 fully saturated rings. The molecule has 1 N–H and O–H groups in total. The number of nitrogens with zero attached hydrogens (tertiary/aromatic N) is 5. The highest BCUT2D eigenvalue weighted by molar-refractivity contribution is 5.80. The van der Waals surface area contributed by atoms with Gasteiger partial charge in [0.15, 0.2) is 5.82 Å². The van der Waals surface area contributed by atoms with E-state index in [-0.39, 0.29) is 23.2 Å². The van der Waals surface area contributed by atoms with Gasteiger partial charge >= 0.3 is 0 Å². The lowest BCUT2D eigenvalue weighted by Gasteiger charge is -2.34. The lowest BCUT2D eigenvalue weighted by atomic mass is 10.00. The third-order valence-electron chi connectivity index (χ3n) is 7.60. The average Bonchev–Trinajstić information content (AvgIpc) is 3.51. The summed E-state index contributed by atoms with van der Waals surface area (Å²) in [4.78, 5) is 18.7. The van der Waals surface area contributed by atoms with Crippen LogP contribution >= 0.6 is 0 Å². The molecule has 3 heterocycles. The molecule has 0 saturated carbocycles. The molecule has 8 heteroatoms. The molecule has 3 aromatic rings. The Kier molecular flexibility index (Phi) is 7.71. The quantitative estimate of drug-likeness (QED) is 0.448. The number of aryl methyl sites for hydroxylation is 2. The molecule has 0 unspecified atom stereocenters. The predicted octanol–water partition coefficient (Wildman–Crippen LogP) is 4.80. The maximum Gasteiger partial charge on any atom is 0.252 e. The Hall–Kier alpha value is -2.58.